The van der Waals surface area contributed by atoms with Crippen molar-refractivity contribution >= 4 is 33.1 Å². The van der Waals surface area contributed by atoms with E-state index in [-0.39, 0.29) is 28.3 Å². The minimum Gasteiger partial charge on any atom is -0.481 e. The second-order valence-corrected chi connectivity index (χ2v) is 6.69. The molecule has 2 rings (SSSR count). The number of nitrogens with two attached hydrogens (primary N) is 1. The lowest BCUT2D eigenvalue weighted by atomic mass is 10.3. The van der Waals surface area contributed by atoms with Crippen LogP contribution in [-0.4, -0.2) is 44.2 Å². The minimum atomic E-state index is -3.95. The van der Waals surface area contributed by atoms with E-state index < -0.39 is 15.9 Å². The van der Waals surface area contributed by atoms with Crippen molar-refractivity contribution in [1.82, 2.24) is 9.97 Å². The highest BCUT2D eigenvalue weighted by atomic mass is 32.2. The average Bonchev–Trinajstić information content (AvgIpc) is 2.67. The van der Waals surface area contributed by atoms with E-state index in [1.54, 1.807) is 6.07 Å². The van der Waals surface area contributed by atoms with E-state index in [9.17, 15) is 8.42 Å². The zero-order valence-electron chi connectivity index (χ0n) is 14.8. The summed E-state index contributed by atoms with van der Waals surface area (Å²) in [5.74, 6) is -0.398. The molecule has 2 aromatic rings. The number of ether oxygens (including phenoxy) is 2. The van der Waals surface area contributed by atoms with Crippen LogP contribution in [0, 0.1) is 16.7 Å². The molecular weight excluding hydrogens is 388 g/mol. The number of benzene rings is 1. The maximum atomic E-state index is 12.5. The lowest BCUT2D eigenvalue weighted by molar-refractivity contribution is 0.353. The fraction of sp³-hybridized carbons (Fsp3) is 0.133. The van der Waals surface area contributed by atoms with Gasteiger partial charge in [0.2, 0.25) is 11.6 Å². The van der Waals surface area contributed by atoms with Crippen LogP contribution in [0.2, 0.25) is 0 Å². The topological polar surface area (TPSA) is 188 Å². The number of aromatic nitrogens is 2. The number of hydrogen-bond acceptors (Lipinski definition) is 10. The number of amidine groups is 1. The van der Waals surface area contributed by atoms with E-state index in [1.807, 2.05) is 0 Å². The maximum absolute atomic E-state index is 12.5. The molecule has 0 bridgehead atoms. The summed E-state index contributed by atoms with van der Waals surface area (Å²) >= 11 is 0. The first-order chi connectivity index (χ1) is 13.3. The van der Waals surface area contributed by atoms with Gasteiger partial charge in [0.1, 0.15) is 6.07 Å². The van der Waals surface area contributed by atoms with Gasteiger partial charge in [-0.15, -0.1) is 0 Å². The van der Waals surface area contributed by atoms with Crippen molar-refractivity contribution in [1.29, 1.82) is 10.7 Å². The fourth-order valence-electron chi connectivity index (χ4n) is 1.82. The Labute approximate surface area is 160 Å². The third-order valence-corrected chi connectivity index (χ3v) is 4.51. The number of hydrogen-bond donors (Lipinski definition) is 4. The standard InChI is InChI=1S/C15H16N8O4S/c1-26-13-7-12(19-15(20-13)27-2)23-28(24,25)10-5-3-9(4-6-10)21-22-11(8-16)14(17)18/h3-7,21H,1-2H3,(H3,17,18)(H,19,20,23)/b22-11+. The molecule has 146 valence electrons. The van der Waals surface area contributed by atoms with Crippen LogP contribution in [-0.2, 0) is 10.0 Å². The first-order valence-electron chi connectivity index (χ1n) is 7.47. The smallest absolute Gasteiger partial charge is 0.321 e. The summed E-state index contributed by atoms with van der Waals surface area (Å²) in [6.07, 6.45) is 0. The van der Waals surface area contributed by atoms with Crippen molar-refractivity contribution in [3.8, 4) is 18.0 Å². The van der Waals surface area contributed by atoms with Gasteiger partial charge in [0.15, 0.2) is 11.7 Å². The van der Waals surface area contributed by atoms with Crippen LogP contribution in [0.4, 0.5) is 11.5 Å². The third kappa shape index (κ3) is 5.05. The predicted molar refractivity (Wildman–Crippen MR) is 101 cm³/mol. The molecule has 28 heavy (non-hydrogen) atoms. The Morgan fingerprint density at radius 1 is 1.25 bits per heavy atom. The van der Waals surface area contributed by atoms with E-state index in [1.165, 1.54) is 44.6 Å². The van der Waals surface area contributed by atoms with Crippen LogP contribution in [0.1, 0.15) is 0 Å². The van der Waals surface area contributed by atoms with Gasteiger partial charge in [-0.3, -0.25) is 15.6 Å². The van der Waals surface area contributed by atoms with Crippen LogP contribution in [0.15, 0.2) is 40.3 Å². The molecule has 1 aromatic heterocycles. The Balaban J connectivity index is 2.21. The molecule has 0 unspecified atom stereocenters. The Kier molecular flexibility index (Phi) is 6.30. The Morgan fingerprint density at radius 3 is 2.46 bits per heavy atom. The molecule has 0 amide bonds. The number of hydrazone groups is 1. The van der Waals surface area contributed by atoms with Gasteiger partial charge in [-0.25, -0.2) is 8.42 Å². The molecule has 1 aromatic carbocycles. The molecule has 0 spiro atoms. The van der Waals surface area contributed by atoms with Gasteiger partial charge in [0.05, 0.1) is 24.8 Å². The first-order valence-corrected chi connectivity index (χ1v) is 8.95. The number of nitrogens with zero attached hydrogens (tertiary/aromatic N) is 4. The summed E-state index contributed by atoms with van der Waals surface area (Å²) in [5, 5.41) is 19.6. The quantitative estimate of drug-likeness (QED) is 0.276. The van der Waals surface area contributed by atoms with Gasteiger partial charge in [-0.1, -0.05) is 0 Å². The minimum absolute atomic E-state index is 0.0318. The van der Waals surface area contributed by atoms with Gasteiger partial charge in [-0.05, 0) is 24.3 Å². The molecule has 0 aliphatic rings. The normalized spacial score (nSPS) is 11.2. The summed E-state index contributed by atoms with van der Waals surface area (Å²) in [6.45, 7) is 0. The summed E-state index contributed by atoms with van der Waals surface area (Å²) in [6, 6.07) is 8.37. The van der Waals surface area contributed by atoms with Crippen LogP contribution in [0.25, 0.3) is 0 Å². The third-order valence-electron chi connectivity index (χ3n) is 3.14. The van der Waals surface area contributed by atoms with Gasteiger partial charge in [-0.2, -0.15) is 20.3 Å². The highest BCUT2D eigenvalue weighted by Crippen LogP contribution is 2.21. The SMILES string of the molecule is COc1cc(NS(=O)(=O)c2ccc(N/N=C(\C#N)C(=N)N)cc2)nc(OC)n1. The zero-order chi connectivity index (χ0) is 20.7. The van der Waals surface area contributed by atoms with Gasteiger partial charge >= 0.3 is 6.01 Å². The number of nitrogens with one attached hydrogen (secondary N) is 3. The fourth-order valence-corrected chi connectivity index (χ4v) is 2.82. The number of anilines is 2. The molecule has 5 N–H and O–H groups in total. The van der Waals surface area contributed by atoms with Gasteiger partial charge < -0.3 is 15.2 Å². The highest BCUT2D eigenvalue weighted by molar-refractivity contribution is 7.92. The molecule has 0 aliphatic carbocycles. The number of methoxy groups -OCH3 is 2. The molecule has 0 saturated heterocycles. The molecule has 1 heterocycles. The first kappa shape index (κ1) is 20.4. The molecule has 0 aliphatic heterocycles. The number of nitriles is 1. The second-order valence-electron chi connectivity index (χ2n) is 5.01. The van der Waals surface area contributed by atoms with Crippen LogP contribution in [0.5, 0.6) is 11.9 Å². The molecule has 0 fully saturated rings. The van der Waals surface area contributed by atoms with Crippen molar-refractivity contribution in [3.05, 3.63) is 30.3 Å². The monoisotopic (exact) mass is 404 g/mol. The molecule has 0 radical (unpaired) electrons. The van der Waals surface area contributed by atoms with Gasteiger partial charge in [0, 0.05) is 6.07 Å². The van der Waals surface area contributed by atoms with Crippen molar-refractivity contribution in [2.45, 2.75) is 4.90 Å². The van der Waals surface area contributed by atoms with Crippen molar-refractivity contribution in [3.63, 3.8) is 0 Å². The lowest BCUT2D eigenvalue weighted by Crippen LogP contribution is -2.21. The molecular formula is C15H16N8O4S. The maximum Gasteiger partial charge on any atom is 0.321 e. The van der Waals surface area contributed by atoms with E-state index in [2.05, 4.69) is 25.2 Å². The predicted octanol–water partition coefficient (Wildman–Crippen LogP) is 0.522. The van der Waals surface area contributed by atoms with E-state index in [4.69, 9.17) is 25.9 Å². The van der Waals surface area contributed by atoms with Crippen LogP contribution in [0.3, 0.4) is 0 Å². The zero-order valence-corrected chi connectivity index (χ0v) is 15.6. The average molecular weight is 404 g/mol. The molecule has 0 saturated carbocycles. The number of sulfonamides is 1. The highest BCUT2D eigenvalue weighted by Gasteiger charge is 2.17. The van der Waals surface area contributed by atoms with Crippen LogP contribution < -0.4 is 25.4 Å². The Hall–Kier alpha value is -3.92. The molecule has 0 atom stereocenters. The largest absolute Gasteiger partial charge is 0.481 e. The van der Waals surface area contributed by atoms with Crippen molar-refractivity contribution < 1.29 is 17.9 Å². The van der Waals surface area contributed by atoms with E-state index >= 15 is 0 Å². The van der Waals surface area contributed by atoms with E-state index in [0.717, 1.165) is 0 Å². The second kappa shape index (κ2) is 8.64. The van der Waals surface area contributed by atoms with E-state index in [0.29, 0.717) is 5.69 Å². The summed E-state index contributed by atoms with van der Waals surface area (Å²) in [7, 11) is -1.24. The van der Waals surface area contributed by atoms with Crippen molar-refractivity contribution in [2.75, 3.05) is 24.4 Å². The van der Waals surface area contributed by atoms with Gasteiger partial charge in [0.25, 0.3) is 10.0 Å². The molecule has 12 nitrogen and oxygen atoms in total. The Bertz CT molecular complexity index is 1020. The summed E-state index contributed by atoms with van der Waals surface area (Å²) < 4.78 is 37.2. The number of rotatable bonds is 8. The van der Waals surface area contributed by atoms with Crippen LogP contribution >= 0.6 is 0 Å². The van der Waals surface area contributed by atoms with Crippen molar-refractivity contribution in [2.24, 2.45) is 10.8 Å². The summed E-state index contributed by atoms with van der Waals surface area (Å²) in [5.41, 5.74) is 7.78. The lowest BCUT2D eigenvalue weighted by Gasteiger charge is -2.10. The summed E-state index contributed by atoms with van der Waals surface area (Å²) in [4.78, 5) is 7.74. The molecule has 13 heteroatoms. The Morgan fingerprint density at radius 2 is 1.93 bits per heavy atom.